The number of likely N-dealkylation sites (tertiary alicyclic amines) is 2. The second-order valence-corrected chi connectivity index (χ2v) is 8.64. The zero-order valence-electron chi connectivity index (χ0n) is 17.8. The fraction of sp³-hybridized carbons (Fsp3) is 0.957. The highest BCUT2D eigenvalue weighted by Crippen LogP contribution is 2.13. The Balaban J connectivity index is 1.27. The number of hydrogen-bond acceptors (Lipinski definition) is 4. The molecule has 2 aliphatic heterocycles. The SMILES string of the molecule is O=C(CN1CCCCC1)OCCCCCCCCCCCN1CCCCC1. The van der Waals surface area contributed by atoms with E-state index in [0.717, 1.165) is 19.5 Å². The lowest BCUT2D eigenvalue weighted by atomic mass is 10.1. The fourth-order valence-electron chi connectivity index (χ4n) is 4.39. The van der Waals surface area contributed by atoms with Crippen molar-refractivity contribution < 1.29 is 9.53 Å². The van der Waals surface area contributed by atoms with Crippen LogP contribution < -0.4 is 0 Å². The average molecular weight is 381 g/mol. The van der Waals surface area contributed by atoms with Crippen molar-refractivity contribution in [2.45, 2.75) is 96.3 Å². The Morgan fingerprint density at radius 3 is 1.67 bits per heavy atom. The molecule has 0 aromatic rings. The highest BCUT2D eigenvalue weighted by atomic mass is 16.5. The Hall–Kier alpha value is -0.610. The second-order valence-electron chi connectivity index (χ2n) is 8.64. The molecule has 0 spiro atoms. The van der Waals surface area contributed by atoms with Crippen molar-refractivity contribution in [2.24, 2.45) is 0 Å². The molecule has 0 aromatic heterocycles. The van der Waals surface area contributed by atoms with Gasteiger partial charge in [-0.3, -0.25) is 9.69 Å². The van der Waals surface area contributed by atoms with Crippen molar-refractivity contribution in [3.8, 4) is 0 Å². The summed E-state index contributed by atoms with van der Waals surface area (Å²) in [6.07, 6.45) is 19.9. The van der Waals surface area contributed by atoms with Gasteiger partial charge < -0.3 is 9.64 Å². The van der Waals surface area contributed by atoms with Crippen molar-refractivity contribution in [1.29, 1.82) is 0 Å². The van der Waals surface area contributed by atoms with Gasteiger partial charge in [-0.15, -0.1) is 0 Å². The van der Waals surface area contributed by atoms with Crippen LogP contribution in [0.5, 0.6) is 0 Å². The van der Waals surface area contributed by atoms with Crippen LogP contribution in [0.1, 0.15) is 96.3 Å². The van der Waals surface area contributed by atoms with Crippen molar-refractivity contribution >= 4 is 5.97 Å². The molecular weight excluding hydrogens is 336 g/mol. The van der Waals surface area contributed by atoms with Crippen LogP contribution in [0.25, 0.3) is 0 Å². The molecule has 2 fully saturated rings. The smallest absolute Gasteiger partial charge is 0.320 e. The maximum absolute atomic E-state index is 11.8. The molecule has 0 amide bonds. The first kappa shape index (κ1) is 22.7. The molecule has 2 rings (SSSR count). The van der Waals surface area contributed by atoms with E-state index < -0.39 is 0 Å². The number of esters is 1. The van der Waals surface area contributed by atoms with Crippen LogP contribution in [0.2, 0.25) is 0 Å². The van der Waals surface area contributed by atoms with Crippen molar-refractivity contribution in [2.75, 3.05) is 45.9 Å². The third-order valence-corrected chi connectivity index (χ3v) is 6.13. The largest absolute Gasteiger partial charge is 0.465 e. The number of piperidine rings is 2. The van der Waals surface area contributed by atoms with E-state index in [4.69, 9.17) is 4.74 Å². The number of unbranched alkanes of at least 4 members (excludes halogenated alkanes) is 8. The minimum atomic E-state index is -0.0264. The second kappa shape index (κ2) is 15.3. The molecule has 4 heteroatoms. The number of ether oxygens (including phenoxy) is 1. The number of rotatable bonds is 14. The van der Waals surface area contributed by atoms with E-state index in [0.29, 0.717) is 13.2 Å². The highest BCUT2D eigenvalue weighted by molar-refractivity contribution is 5.71. The zero-order valence-corrected chi connectivity index (χ0v) is 17.8. The van der Waals surface area contributed by atoms with Crippen molar-refractivity contribution in [3.63, 3.8) is 0 Å². The van der Waals surface area contributed by atoms with E-state index in [9.17, 15) is 4.79 Å². The van der Waals surface area contributed by atoms with Gasteiger partial charge >= 0.3 is 5.97 Å². The van der Waals surface area contributed by atoms with E-state index in [1.165, 1.54) is 110 Å². The Morgan fingerprint density at radius 1 is 0.593 bits per heavy atom. The van der Waals surface area contributed by atoms with Gasteiger partial charge in [-0.2, -0.15) is 0 Å². The molecule has 2 aliphatic rings. The molecule has 0 aliphatic carbocycles. The Morgan fingerprint density at radius 2 is 1.07 bits per heavy atom. The first-order chi connectivity index (χ1) is 13.3. The van der Waals surface area contributed by atoms with Crippen LogP contribution in [0.3, 0.4) is 0 Å². The highest BCUT2D eigenvalue weighted by Gasteiger charge is 2.14. The molecule has 2 heterocycles. The minimum Gasteiger partial charge on any atom is -0.465 e. The molecule has 158 valence electrons. The predicted octanol–water partition coefficient (Wildman–Crippen LogP) is 5.01. The molecular formula is C23H44N2O2. The quantitative estimate of drug-likeness (QED) is 0.313. The summed E-state index contributed by atoms with van der Waals surface area (Å²) in [5.41, 5.74) is 0. The summed E-state index contributed by atoms with van der Waals surface area (Å²) >= 11 is 0. The Bertz CT molecular complexity index is 363. The van der Waals surface area contributed by atoms with Gasteiger partial charge in [0.2, 0.25) is 0 Å². The minimum absolute atomic E-state index is 0.0264. The predicted molar refractivity (Wildman–Crippen MR) is 113 cm³/mol. The Kier molecular flexibility index (Phi) is 12.9. The van der Waals surface area contributed by atoms with Crippen molar-refractivity contribution in [1.82, 2.24) is 9.80 Å². The first-order valence-electron chi connectivity index (χ1n) is 11.9. The summed E-state index contributed by atoms with van der Waals surface area (Å²) in [6.45, 7) is 7.25. The molecule has 0 bridgehead atoms. The molecule has 4 nitrogen and oxygen atoms in total. The molecule has 0 unspecified atom stereocenters. The van der Waals surface area contributed by atoms with E-state index in [2.05, 4.69) is 9.80 Å². The lowest BCUT2D eigenvalue weighted by Gasteiger charge is -2.26. The van der Waals surface area contributed by atoms with E-state index in [-0.39, 0.29) is 5.97 Å². The summed E-state index contributed by atoms with van der Waals surface area (Å²) in [7, 11) is 0. The van der Waals surface area contributed by atoms with Crippen LogP contribution in [0, 0.1) is 0 Å². The molecule has 0 N–H and O–H groups in total. The van der Waals surface area contributed by atoms with Gasteiger partial charge in [0.15, 0.2) is 0 Å². The summed E-state index contributed by atoms with van der Waals surface area (Å²) in [6, 6.07) is 0. The van der Waals surface area contributed by atoms with Crippen LogP contribution in [0.15, 0.2) is 0 Å². The monoisotopic (exact) mass is 380 g/mol. The summed E-state index contributed by atoms with van der Waals surface area (Å²) in [4.78, 5) is 16.7. The lowest BCUT2D eigenvalue weighted by molar-refractivity contribution is -0.145. The van der Waals surface area contributed by atoms with Gasteiger partial charge in [-0.05, 0) is 71.2 Å². The Labute approximate surface area is 168 Å². The van der Waals surface area contributed by atoms with Gasteiger partial charge in [-0.1, -0.05) is 57.8 Å². The van der Waals surface area contributed by atoms with Gasteiger partial charge in [0.05, 0.1) is 13.2 Å². The summed E-state index contributed by atoms with van der Waals surface area (Å²) in [5, 5.41) is 0. The normalized spacial score (nSPS) is 19.3. The van der Waals surface area contributed by atoms with Crippen LogP contribution in [0.4, 0.5) is 0 Å². The number of nitrogens with zero attached hydrogens (tertiary/aromatic N) is 2. The topological polar surface area (TPSA) is 32.8 Å². The fourth-order valence-corrected chi connectivity index (χ4v) is 4.39. The first-order valence-corrected chi connectivity index (χ1v) is 11.9. The van der Waals surface area contributed by atoms with E-state index in [1.807, 2.05) is 0 Å². The maximum Gasteiger partial charge on any atom is 0.320 e. The number of carbonyl (C=O) groups excluding carboxylic acids is 1. The molecule has 0 radical (unpaired) electrons. The third kappa shape index (κ3) is 11.7. The van der Waals surface area contributed by atoms with Crippen LogP contribution >= 0.6 is 0 Å². The van der Waals surface area contributed by atoms with Gasteiger partial charge in [0.25, 0.3) is 0 Å². The van der Waals surface area contributed by atoms with Crippen molar-refractivity contribution in [3.05, 3.63) is 0 Å². The van der Waals surface area contributed by atoms with Crippen LogP contribution in [-0.4, -0.2) is 61.6 Å². The molecule has 0 saturated carbocycles. The van der Waals surface area contributed by atoms with E-state index >= 15 is 0 Å². The lowest BCUT2D eigenvalue weighted by Crippen LogP contribution is -2.35. The maximum atomic E-state index is 11.8. The molecule has 27 heavy (non-hydrogen) atoms. The summed E-state index contributed by atoms with van der Waals surface area (Å²) < 4.78 is 5.38. The standard InChI is InChI=1S/C23H44N2O2/c26-23(22-25-19-13-9-14-20-25)27-21-15-7-5-3-1-2-4-6-10-16-24-17-11-8-12-18-24/h1-22H2. The molecule has 0 atom stereocenters. The van der Waals surface area contributed by atoms with Gasteiger partial charge in [0.1, 0.15) is 0 Å². The average Bonchev–Trinajstić information content (AvgIpc) is 2.70. The molecule has 0 aromatic carbocycles. The molecule has 2 saturated heterocycles. The van der Waals surface area contributed by atoms with Gasteiger partial charge in [-0.25, -0.2) is 0 Å². The summed E-state index contributed by atoms with van der Waals surface area (Å²) in [5.74, 6) is -0.0264. The third-order valence-electron chi connectivity index (χ3n) is 6.13. The van der Waals surface area contributed by atoms with Crippen LogP contribution in [-0.2, 0) is 9.53 Å². The van der Waals surface area contributed by atoms with Gasteiger partial charge in [0, 0.05) is 0 Å². The zero-order chi connectivity index (χ0) is 19.0. The number of hydrogen-bond donors (Lipinski definition) is 0. The number of carbonyl (C=O) groups is 1. The van der Waals surface area contributed by atoms with E-state index in [1.54, 1.807) is 0 Å².